The van der Waals surface area contributed by atoms with Gasteiger partial charge >= 0.3 is 5.97 Å². The standard InChI is InChI=1S/C24H25N3O3/c25-10-13-30-19-6-7-22-20(15-19)21(16-26-22)23(24(28)29)27-11-8-18(9-12-27)14-17-4-2-1-3-5-17/h1-7,15-16,18,23,26H,8-9,11-14H2,(H,28,29)/t23-/m1/s1. The third-order valence-electron chi connectivity index (χ3n) is 5.90. The SMILES string of the molecule is N#CCOc1ccc2[nH]cc([C@H](C(=O)O)N3CCC(Cc4ccccc4)CC3)c2c1. The molecular formula is C24H25N3O3. The van der Waals surface area contributed by atoms with Crippen LogP contribution < -0.4 is 4.74 Å². The van der Waals surface area contributed by atoms with E-state index in [1.165, 1.54) is 5.56 Å². The minimum atomic E-state index is -0.847. The molecule has 1 fully saturated rings. The Morgan fingerprint density at radius 3 is 2.70 bits per heavy atom. The molecule has 2 aromatic carbocycles. The fraction of sp³-hybridized carbons (Fsp3) is 0.333. The summed E-state index contributed by atoms with van der Waals surface area (Å²) in [7, 11) is 0. The minimum Gasteiger partial charge on any atom is -0.480 e. The van der Waals surface area contributed by atoms with Gasteiger partial charge in [-0.3, -0.25) is 9.69 Å². The Balaban J connectivity index is 1.51. The number of nitrogens with zero attached hydrogens (tertiary/aromatic N) is 2. The zero-order valence-electron chi connectivity index (χ0n) is 16.8. The summed E-state index contributed by atoms with van der Waals surface area (Å²) in [5, 5.41) is 19.6. The number of piperidine rings is 1. The molecule has 3 aromatic rings. The summed E-state index contributed by atoms with van der Waals surface area (Å²) >= 11 is 0. The molecule has 1 aliphatic rings. The Kier molecular flexibility index (Phi) is 6.01. The number of carboxylic acid groups (broad SMARTS) is 1. The van der Waals surface area contributed by atoms with E-state index in [2.05, 4.69) is 34.1 Å². The molecule has 6 nitrogen and oxygen atoms in total. The minimum absolute atomic E-state index is 0.0391. The third kappa shape index (κ3) is 4.32. The van der Waals surface area contributed by atoms with Gasteiger partial charge in [-0.2, -0.15) is 5.26 Å². The van der Waals surface area contributed by atoms with Gasteiger partial charge in [0, 0.05) is 22.7 Å². The molecule has 1 aliphatic heterocycles. The van der Waals surface area contributed by atoms with Crippen LogP contribution in [0, 0.1) is 17.2 Å². The van der Waals surface area contributed by atoms with Crippen LogP contribution in [0.5, 0.6) is 5.75 Å². The molecule has 1 atom stereocenters. The van der Waals surface area contributed by atoms with E-state index < -0.39 is 12.0 Å². The van der Waals surface area contributed by atoms with Crippen LogP contribution in [-0.2, 0) is 11.2 Å². The fourth-order valence-electron chi connectivity index (χ4n) is 4.40. The molecule has 0 aliphatic carbocycles. The molecule has 1 saturated heterocycles. The van der Waals surface area contributed by atoms with Crippen molar-refractivity contribution in [2.24, 2.45) is 5.92 Å². The average molecular weight is 403 g/mol. The molecule has 0 amide bonds. The van der Waals surface area contributed by atoms with Crippen LogP contribution in [-0.4, -0.2) is 40.7 Å². The Bertz CT molecular complexity index is 1050. The highest BCUT2D eigenvalue weighted by molar-refractivity contribution is 5.90. The third-order valence-corrected chi connectivity index (χ3v) is 5.90. The molecule has 0 spiro atoms. The highest BCUT2D eigenvalue weighted by atomic mass is 16.5. The molecule has 0 saturated carbocycles. The Labute approximate surface area is 175 Å². The van der Waals surface area contributed by atoms with Gasteiger partial charge < -0.3 is 14.8 Å². The molecule has 0 radical (unpaired) electrons. The van der Waals surface area contributed by atoms with E-state index in [0.29, 0.717) is 11.7 Å². The summed E-state index contributed by atoms with van der Waals surface area (Å²) in [4.78, 5) is 17.5. The first-order valence-corrected chi connectivity index (χ1v) is 10.3. The van der Waals surface area contributed by atoms with E-state index in [1.54, 1.807) is 12.3 Å². The van der Waals surface area contributed by atoms with Crippen molar-refractivity contribution >= 4 is 16.9 Å². The Morgan fingerprint density at radius 1 is 1.23 bits per heavy atom. The number of aromatic nitrogens is 1. The average Bonchev–Trinajstić information content (AvgIpc) is 3.17. The number of ether oxygens (including phenoxy) is 1. The summed E-state index contributed by atoms with van der Waals surface area (Å²) in [6.45, 7) is 1.47. The zero-order valence-corrected chi connectivity index (χ0v) is 16.8. The van der Waals surface area contributed by atoms with Crippen molar-refractivity contribution in [2.75, 3.05) is 19.7 Å². The van der Waals surface area contributed by atoms with Gasteiger partial charge in [-0.15, -0.1) is 0 Å². The number of fused-ring (bicyclic) bond motifs is 1. The summed E-state index contributed by atoms with van der Waals surface area (Å²) in [6, 6.07) is 17.2. The first-order valence-electron chi connectivity index (χ1n) is 10.3. The maximum atomic E-state index is 12.2. The fourth-order valence-corrected chi connectivity index (χ4v) is 4.40. The quantitative estimate of drug-likeness (QED) is 0.619. The second-order valence-electron chi connectivity index (χ2n) is 7.81. The van der Waals surface area contributed by atoms with Crippen LogP contribution in [0.15, 0.2) is 54.7 Å². The maximum absolute atomic E-state index is 12.2. The number of hydrogen-bond donors (Lipinski definition) is 2. The monoisotopic (exact) mass is 403 g/mol. The van der Waals surface area contributed by atoms with Gasteiger partial charge in [0.25, 0.3) is 0 Å². The smallest absolute Gasteiger partial charge is 0.325 e. The topological polar surface area (TPSA) is 89.3 Å². The van der Waals surface area contributed by atoms with E-state index in [4.69, 9.17) is 10.00 Å². The van der Waals surface area contributed by atoms with Gasteiger partial charge in [0.15, 0.2) is 6.61 Å². The van der Waals surface area contributed by atoms with E-state index in [1.807, 2.05) is 24.3 Å². The van der Waals surface area contributed by atoms with Crippen molar-refractivity contribution in [3.63, 3.8) is 0 Å². The number of benzene rings is 2. The van der Waals surface area contributed by atoms with E-state index in [0.717, 1.165) is 48.8 Å². The highest BCUT2D eigenvalue weighted by Gasteiger charge is 2.32. The second kappa shape index (κ2) is 9.02. The second-order valence-corrected chi connectivity index (χ2v) is 7.81. The van der Waals surface area contributed by atoms with Gasteiger partial charge in [-0.05, 0) is 62.0 Å². The number of nitrogens with one attached hydrogen (secondary N) is 1. The number of hydrogen-bond acceptors (Lipinski definition) is 4. The van der Waals surface area contributed by atoms with Crippen LogP contribution in [0.2, 0.25) is 0 Å². The summed E-state index contributed by atoms with van der Waals surface area (Å²) in [5.74, 6) is 0.295. The predicted molar refractivity (Wildman–Crippen MR) is 114 cm³/mol. The molecule has 0 bridgehead atoms. The summed E-state index contributed by atoms with van der Waals surface area (Å²) in [5.41, 5.74) is 2.94. The number of H-pyrrole nitrogens is 1. The number of carboxylic acids is 1. The zero-order chi connectivity index (χ0) is 20.9. The highest BCUT2D eigenvalue weighted by Crippen LogP contribution is 2.34. The first-order chi connectivity index (χ1) is 14.7. The molecule has 1 aromatic heterocycles. The van der Waals surface area contributed by atoms with Crippen LogP contribution in [0.4, 0.5) is 0 Å². The molecular weight excluding hydrogens is 378 g/mol. The number of carbonyl (C=O) groups is 1. The van der Waals surface area contributed by atoms with Crippen LogP contribution in [0.3, 0.4) is 0 Å². The number of nitriles is 1. The number of aliphatic carboxylic acids is 1. The predicted octanol–water partition coefficient (Wildman–Crippen LogP) is 4.15. The molecule has 4 rings (SSSR count). The van der Waals surface area contributed by atoms with E-state index in [-0.39, 0.29) is 6.61 Å². The molecule has 0 unspecified atom stereocenters. The summed E-state index contributed by atoms with van der Waals surface area (Å²) < 4.78 is 5.41. The van der Waals surface area contributed by atoms with Gasteiger partial charge in [0.1, 0.15) is 17.9 Å². The van der Waals surface area contributed by atoms with Crippen LogP contribution in [0.25, 0.3) is 10.9 Å². The molecule has 2 heterocycles. The van der Waals surface area contributed by atoms with Crippen LogP contribution >= 0.6 is 0 Å². The lowest BCUT2D eigenvalue weighted by Gasteiger charge is -2.35. The van der Waals surface area contributed by atoms with Gasteiger partial charge in [0.2, 0.25) is 0 Å². The Morgan fingerprint density at radius 2 is 2.00 bits per heavy atom. The van der Waals surface area contributed by atoms with Crippen molar-refractivity contribution in [3.8, 4) is 11.8 Å². The lowest BCUT2D eigenvalue weighted by Crippen LogP contribution is -2.40. The Hall–Kier alpha value is -3.30. The molecule has 30 heavy (non-hydrogen) atoms. The molecule has 6 heteroatoms. The van der Waals surface area contributed by atoms with Crippen molar-refractivity contribution in [1.82, 2.24) is 9.88 Å². The van der Waals surface area contributed by atoms with Crippen molar-refractivity contribution in [3.05, 3.63) is 65.9 Å². The van der Waals surface area contributed by atoms with Crippen molar-refractivity contribution in [2.45, 2.75) is 25.3 Å². The maximum Gasteiger partial charge on any atom is 0.325 e. The largest absolute Gasteiger partial charge is 0.480 e. The molecule has 154 valence electrons. The van der Waals surface area contributed by atoms with Crippen molar-refractivity contribution < 1.29 is 14.6 Å². The lowest BCUT2D eigenvalue weighted by atomic mass is 9.89. The molecule has 2 N–H and O–H groups in total. The van der Waals surface area contributed by atoms with Gasteiger partial charge in [-0.25, -0.2) is 0 Å². The van der Waals surface area contributed by atoms with Gasteiger partial charge in [0.05, 0.1) is 0 Å². The number of aromatic amines is 1. The summed E-state index contributed by atoms with van der Waals surface area (Å²) in [6.07, 6.45) is 4.79. The number of rotatable bonds is 7. The lowest BCUT2D eigenvalue weighted by molar-refractivity contribution is -0.144. The van der Waals surface area contributed by atoms with E-state index in [9.17, 15) is 9.90 Å². The van der Waals surface area contributed by atoms with E-state index >= 15 is 0 Å². The van der Waals surface area contributed by atoms with Crippen molar-refractivity contribution in [1.29, 1.82) is 5.26 Å². The van der Waals surface area contributed by atoms with Crippen LogP contribution in [0.1, 0.15) is 30.0 Å². The first kappa shape index (κ1) is 20.0. The van der Waals surface area contributed by atoms with Gasteiger partial charge in [-0.1, -0.05) is 30.3 Å². The normalized spacial score (nSPS) is 16.2. The number of likely N-dealkylation sites (tertiary alicyclic amines) is 1.